The van der Waals surface area contributed by atoms with Crippen LogP contribution in [0.1, 0.15) is 38.7 Å². The van der Waals surface area contributed by atoms with Crippen molar-refractivity contribution in [2.45, 2.75) is 57.3 Å². The SMILES string of the molecule is CC(C)(CC(Cc1ccccc1)C(O)C(=O)NC1CC1)OC(N)=O. The highest BCUT2D eigenvalue weighted by Gasteiger charge is 2.35. The minimum atomic E-state index is -1.17. The summed E-state index contributed by atoms with van der Waals surface area (Å²) < 4.78 is 5.13. The van der Waals surface area contributed by atoms with Gasteiger partial charge in [-0.05, 0) is 45.1 Å². The van der Waals surface area contributed by atoms with Crippen molar-refractivity contribution >= 4 is 12.0 Å². The number of aliphatic hydroxyl groups excluding tert-OH is 1. The number of nitrogens with one attached hydrogen (secondary N) is 1. The average Bonchev–Trinajstić information content (AvgIpc) is 3.29. The molecule has 0 radical (unpaired) electrons. The lowest BCUT2D eigenvalue weighted by atomic mass is 9.84. The molecule has 1 saturated carbocycles. The second kappa shape index (κ2) is 7.66. The van der Waals surface area contributed by atoms with Crippen molar-refractivity contribution in [1.82, 2.24) is 5.32 Å². The van der Waals surface area contributed by atoms with Gasteiger partial charge in [-0.25, -0.2) is 4.79 Å². The number of nitrogens with two attached hydrogens (primary N) is 1. The van der Waals surface area contributed by atoms with Crippen LogP contribution in [0.5, 0.6) is 0 Å². The van der Waals surface area contributed by atoms with E-state index in [-0.39, 0.29) is 17.9 Å². The number of benzene rings is 1. The second-order valence-corrected chi connectivity index (χ2v) is 7.06. The molecule has 0 spiro atoms. The van der Waals surface area contributed by atoms with Crippen LogP contribution < -0.4 is 11.1 Å². The molecule has 6 heteroatoms. The number of carbonyl (C=O) groups is 2. The van der Waals surface area contributed by atoms with Crippen molar-refractivity contribution in [3.8, 4) is 0 Å². The van der Waals surface area contributed by atoms with Gasteiger partial charge in [-0.1, -0.05) is 30.3 Å². The topological polar surface area (TPSA) is 102 Å². The standard InChI is InChI=1S/C18H26N2O4/c1-18(2,24-17(19)23)11-13(10-12-6-4-3-5-7-12)15(21)16(22)20-14-8-9-14/h3-7,13-15,21H,8-11H2,1-2H3,(H2,19,23)(H,20,22). The minimum absolute atomic E-state index is 0.180. The molecule has 2 amide bonds. The third-order valence-corrected chi connectivity index (χ3v) is 4.11. The van der Waals surface area contributed by atoms with E-state index in [1.165, 1.54) is 0 Å². The van der Waals surface area contributed by atoms with Gasteiger partial charge in [-0.2, -0.15) is 0 Å². The maximum absolute atomic E-state index is 12.2. The Hall–Kier alpha value is -2.08. The number of carbonyl (C=O) groups excluding carboxylic acids is 2. The van der Waals surface area contributed by atoms with E-state index < -0.39 is 17.8 Å². The third kappa shape index (κ3) is 5.85. The van der Waals surface area contributed by atoms with E-state index in [0.717, 1.165) is 18.4 Å². The molecule has 1 aliphatic carbocycles. The average molecular weight is 334 g/mol. The Morgan fingerprint density at radius 3 is 2.50 bits per heavy atom. The zero-order chi connectivity index (χ0) is 17.7. The molecule has 0 aliphatic heterocycles. The molecule has 2 unspecified atom stereocenters. The van der Waals surface area contributed by atoms with Gasteiger partial charge >= 0.3 is 6.09 Å². The van der Waals surface area contributed by atoms with Crippen LogP contribution in [0.25, 0.3) is 0 Å². The lowest BCUT2D eigenvalue weighted by Gasteiger charge is -2.31. The number of hydrogen-bond donors (Lipinski definition) is 3. The molecule has 24 heavy (non-hydrogen) atoms. The minimum Gasteiger partial charge on any atom is -0.444 e. The molecule has 1 aromatic carbocycles. The van der Waals surface area contributed by atoms with Crippen LogP contribution in [-0.4, -0.2) is 34.9 Å². The number of ether oxygens (including phenoxy) is 1. The van der Waals surface area contributed by atoms with Crippen LogP contribution in [0, 0.1) is 5.92 Å². The van der Waals surface area contributed by atoms with Crippen LogP contribution in [0.15, 0.2) is 30.3 Å². The highest BCUT2D eigenvalue weighted by Crippen LogP contribution is 2.27. The monoisotopic (exact) mass is 334 g/mol. The highest BCUT2D eigenvalue weighted by molar-refractivity contribution is 5.81. The number of aliphatic hydroxyl groups is 1. The van der Waals surface area contributed by atoms with Gasteiger partial charge in [0.25, 0.3) is 0 Å². The van der Waals surface area contributed by atoms with E-state index in [1.807, 2.05) is 30.3 Å². The van der Waals surface area contributed by atoms with Gasteiger partial charge in [0.05, 0.1) is 0 Å². The highest BCUT2D eigenvalue weighted by atomic mass is 16.6. The maximum atomic E-state index is 12.2. The number of amides is 2. The Bertz CT molecular complexity index is 570. The molecule has 0 heterocycles. The van der Waals surface area contributed by atoms with Crippen LogP contribution in [0.4, 0.5) is 4.79 Å². The lowest BCUT2D eigenvalue weighted by molar-refractivity contribution is -0.133. The van der Waals surface area contributed by atoms with Crippen molar-refractivity contribution in [2.75, 3.05) is 0 Å². The summed E-state index contributed by atoms with van der Waals surface area (Å²) in [5, 5.41) is 13.4. The first-order valence-corrected chi connectivity index (χ1v) is 8.27. The lowest BCUT2D eigenvalue weighted by Crippen LogP contribution is -2.44. The molecule has 1 aliphatic rings. The van der Waals surface area contributed by atoms with Crippen molar-refractivity contribution in [2.24, 2.45) is 11.7 Å². The summed E-state index contributed by atoms with van der Waals surface area (Å²) in [6.07, 6.45) is 0.711. The summed E-state index contributed by atoms with van der Waals surface area (Å²) >= 11 is 0. The van der Waals surface area contributed by atoms with Gasteiger partial charge in [-0.3, -0.25) is 4.79 Å². The number of hydrogen-bond acceptors (Lipinski definition) is 4. The predicted molar refractivity (Wildman–Crippen MR) is 90.2 cm³/mol. The van der Waals surface area contributed by atoms with Gasteiger partial charge in [0, 0.05) is 12.0 Å². The van der Waals surface area contributed by atoms with Crippen LogP contribution in [-0.2, 0) is 16.0 Å². The van der Waals surface area contributed by atoms with E-state index >= 15 is 0 Å². The largest absolute Gasteiger partial charge is 0.444 e. The quantitative estimate of drug-likeness (QED) is 0.674. The fraction of sp³-hybridized carbons (Fsp3) is 0.556. The molecule has 4 N–H and O–H groups in total. The van der Waals surface area contributed by atoms with Gasteiger partial charge in [0.2, 0.25) is 5.91 Å². The fourth-order valence-corrected chi connectivity index (χ4v) is 2.89. The van der Waals surface area contributed by atoms with E-state index in [0.29, 0.717) is 12.8 Å². The molecule has 0 bridgehead atoms. The summed E-state index contributed by atoms with van der Waals surface area (Å²) in [5.74, 6) is -0.756. The van der Waals surface area contributed by atoms with Gasteiger partial charge in [0.1, 0.15) is 11.7 Å². The predicted octanol–water partition coefficient (Wildman–Crippen LogP) is 1.75. The Labute approximate surface area is 142 Å². The first-order chi connectivity index (χ1) is 11.3. The molecule has 1 aromatic rings. The summed E-state index contributed by atoms with van der Waals surface area (Å²) in [4.78, 5) is 23.3. The van der Waals surface area contributed by atoms with Crippen molar-refractivity contribution in [3.63, 3.8) is 0 Å². The maximum Gasteiger partial charge on any atom is 0.405 e. The van der Waals surface area contributed by atoms with Crippen molar-refractivity contribution in [3.05, 3.63) is 35.9 Å². The smallest absolute Gasteiger partial charge is 0.405 e. The Kier molecular flexibility index (Phi) is 5.83. The third-order valence-electron chi connectivity index (χ3n) is 4.11. The molecule has 1 fully saturated rings. The van der Waals surface area contributed by atoms with Crippen LogP contribution in [0.2, 0.25) is 0 Å². The Balaban J connectivity index is 2.10. The fourth-order valence-electron chi connectivity index (χ4n) is 2.89. The molecular formula is C18H26N2O4. The van der Waals surface area contributed by atoms with Crippen molar-refractivity contribution < 1.29 is 19.4 Å². The summed E-state index contributed by atoms with van der Waals surface area (Å²) in [7, 11) is 0. The van der Waals surface area contributed by atoms with E-state index in [1.54, 1.807) is 13.8 Å². The summed E-state index contributed by atoms with van der Waals surface area (Å²) in [6, 6.07) is 9.80. The number of rotatable bonds is 8. The zero-order valence-electron chi connectivity index (χ0n) is 14.2. The normalized spacial score (nSPS) is 17.0. The first kappa shape index (κ1) is 18.3. The van der Waals surface area contributed by atoms with E-state index in [2.05, 4.69) is 5.32 Å². The molecular weight excluding hydrogens is 308 g/mol. The first-order valence-electron chi connectivity index (χ1n) is 8.27. The zero-order valence-corrected chi connectivity index (χ0v) is 14.2. The molecule has 0 saturated heterocycles. The van der Waals surface area contributed by atoms with Crippen LogP contribution >= 0.6 is 0 Å². The van der Waals surface area contributed by atoms with E-state index in [4.69, 9.17) is 10.5 Å². The molecule has 132 valence electrons. The molecule has 0 aromatic heterocycles. The van der Waals surface area contributed by atoms with Gasteiger partial charge in [-0.15, -0.1) is 0 Å². The second-order valence-electron chi connectivity index (χ2n) is 7.06. The summed E-state index contributed by atoms with van der Waals surface area (Å²) in [6.45, 7) is 3.45. The Morgan fingerprint density at radius 2 is 1.96 bits per heavy atom. The molecule has 6 nitrogen and oxygen atoms in total. The molecule has 2 rings (SSSR count). The van der Waals surface area contributed by atoms with Crippen molar-refractivity contribution in [1.29, 1.82) is 0 Å². The Morgan fingerprint density at radius 1 is 1.33 bits per heavy atom. The summed E-state index contributed by atoms with van der Waals surface area (Å²) in [5.41, 5.74) is 5.25. The number of primary amides is 1. The van der Waals surface area contributed by atoms with Gasteiger partial charge in [0.15, 0.2) is 0 Å². The van der Waals surface area contributed by atoms with Crippen LogP contribution in [0.3, 0.4) is 0 Å². The van der Waals surface area contributed by atoms with Gasteiger partial charge < -0.3 is 20.9 Å². The van der Waals surface area contributed by atoms with E-state index in [9.17, 15) is 14.7 Å². The molecule has 2 atom stereocenters.